The smallest absolute Gasteiger partial charge is 0.281 e. The van der Waals surface area contributed by atoms with Crippen molar-refractivity contribution in [2.24, 2.45) is 0 Å². The zero-order valence-corrected chi connectivity index (χ0v) is 36.8. The predicted molar refractivity (Wildman–Crippen MR) is 234 cm³/mol. The highest BCUT2D eigenvalue weighted by Crippen LogP contribution is 2.46. The van der Waals surface area contributed by atoms with Gasteiger partial charge in [0.25, 0.3) is 0 Å². The third-order valence-corrected chi connectivity index (χ3v) is 16.2. The molecule has 0 saturated carbocycles. The van der Waals surface area contributed by atoms with Crippen LogP contribution in [-0.4, -0.2) is 45.5 Å². The van der Waals surface area contributed by atoms with E-state index in [9.17, 15) is 25.9 Å². The molecule has 2 aliphatic rings. The summed E-state index contributed by atoms with van der Waals surface area (Å²) in [7, 11) is -8.72. The molecule has 0 aliphatic heterocycles. The molecule has 2 N–H and O–H groups in total. The molecule has 58 heavy (non-hydrogen) atoms. The zero-order chi connectivity index (χ0) is 40.9. The van der Waals surface area contributed by atoms with Gasteiger partial charge in [-0.1, -0.05) is 71.4 Å². The van der Waals surface area contributed by atoms with E-state index in [1.54, 1.807) is 45.8 Å². The molecular formula is C40H34Cl4N4O6S4. The van der Waals surface area contributed by atoms with Crippen LogP contribution in [0.15, 0.2) is 69.1 Å². The van der Waals surface area contributed by atoms with Crippen molar-refractivity contribution in [3.8, 4) is 32.5 Å². The molecule has 302 valence electrons. The lowest BCUT2D eigenvalue weighted by Gasteiger charge is -2.15. The lowest BCUT2D eigenvalue weighted by Crippen LogP contribution is -2.05. The first-order valence-corrected chi connectivity index (χ1v) is 24.4. The maximum Gasteiger partial charge on any atom is 0.304 e. The minimum absolute atomic E-state index is 0.0986. The highest BCUT2D eigenvalue weighted by Gasteiger charge is 2.32. The molecule has 0 amide bonds. The number of thiophene rings is 2. The Balaban J connectivity index is 0.922. The molecule has 0 bridgehead atoms. The number of aromatic nitrogens is 4. The van der Waals surface area contributed by atoms with Gasteiger partial charge >= 0.3 is 20.2 Å². The van der Waals surface area contributed by atoms with Gasteiger partial charge in [0.1, 0.15) is 8.42 Å². The van der Waals surface area contributed by atoms with Crippen LogP contribution >= 0.6 is 69.1 Å². The summed E-state index contributed by atoms with van der Waals surface area (Å²) < 4.78 is 70.8. The molecule has 0 fully saturated rings. The Kier molecular flexibility index (Phi) is 11.9. The Morgan fingerprint density at radius 1 is 0.603 bits per heavy atom. The van der Waals surface area contributed by atoms with E-state index in [2.05, 4.69) is 12.2 Å². The molecule has 18 heteroatoms. The Labute approximate surface area is 363 Å². The van der Waals surface area contributed by atoms with Crippen LogP contribution in [-0.2, 0) is 45.9 Å². The van der Waals surface area contributed by atoms with Crippen molar-refractivity contribution in [2.45, 2.75) is 72.6 Å². The fraction of sp³-hybridized carbons (Fsp3) is 0.250. The Bertz CT molecular complexity index is 2680. The van der Waals surface area contributed by atoms with Gasteiger partial charge in [-0.25, -0.2) is 9.36 Å². The van der Waals surface area contributed by atoms with Gasteiger partial charge in [0.05, 0.1) is 54.0 Å². The van der Waals surface area contributed by atoms with Crippen molar-refractivity contribution in [2.75, 3.05) is 0 Å². The van der Waals surface area contributed by atoms with Gasteiger partial charge in [-0.3, -0.25) is 9.11 Å². The number of aryl methyl sites for hydroxylation is 2. The van der Waals surface area contributed by atoms with E-state index in [0.717, 1.165) is 116 Å². The second-order valence-corrected chi connectivity index (χ2v) is 21.1. The van der Waals surface area contributed by atoms with Crippen molar-refractivity contribution in [1.82, 2.24) is 19.6 Å². The largest absolute Gasteiger partial charge is 0.304 e. The van der Waals surface area contributed by atoms with Crippen LogP contribution in [0.25, 0.3) is 44.7 Å². The Morgan fingerprint density at radius 3 is 1.40 bits per heavy atom. The topological polar surface area (TPSA) is 144 Å². The standard InChI is InChI=1S/C40H34Cl4N4O6S4/c41-25-13-17-33(29(43)21-25)47-37-27(15-11-23-19-35(55-39(23)37)57(49,50)51)31(45-47)9-7-5-3-1-2-4-6-8-10-32-28-16-12-24-20-36(58(52,53)54)56-40(24)38(28)48(46-32)34-18-14-26(42)22-30(34)44/h7-10,13-14,17-22H,1-6,11-12,15-16H2,(H,49,50,51)(H,52,53,54)/b9-7+,10-8+. The first-order valence-electron chi connectivity index (χ1n) is 18.4. The first kappa shape index (κ1) is 41.5. The number of hydrogen-bond donors (Lipinski definition) is 2. The number of allylic oxidation sites excluding steroid dienone is 2. The lowest BCUT2D eigenvalue weighted by molar-refractivity contribution is 0.483. The summed E-state index contributed by atoms with van der Waals surface area (Å²) in [6, 6.07) is 13.4. The number of rotatable bonds is 13. The number of benzene rings is 2. The van der Waals surface area contributed by atoms with Crippen molar-refractivity contribution in [3.63, 3.8) is 0 Å². The summed E-state index contributed by atoms with van der Waals surface area (Å²) in [5.74, 6) is 0. The van der Waals surface area contributed by atoms with Crippen LogP contribution in [0.3, 0.4) is 0 Å². The van der Waals surface area contributed by atoms with Crippen molar-refractivity contribution in [1.29, 1.82) is 0 Å². The summed E-state index contributed by atoms with van der Waals surface area (Å²) in [6.45, 7) is 0. The summed E-state index contributed by atoms with van der Waals surface area (Å²) in [5, 5.41) is 11.7. The second kappa shape index (κ2) is 16.6. The van der Waals surface area contributed by atoms with Gasteiger partial charge in [0.15, 0.2) is 0 Å². The fourth-order valence-electron chi connectivity index (χ4n) is 7.44. The minimum atomic E-state index is -4.36. The Hall–Kier alpha value is -3.28. The lowest BCUT2D eigenvalue weighted by atomic mass is 9.94. The van der Waals surface area contributed by atoms with E-state index >= 15 is 0 Å². The van der Waals surface area contributed by atoms with Crippen LogP contribution in [0.1, 0.15) is 72.2 Å². The van der Waals surface area contributed by atoms with Crippen LogP contribution in [0, 0.1) is 0 Å². The van der Waals surface area contributed by atoms with E-state index in [1.807, 2.05) is 12.2 Å². The molecule has 6 aromatic rings. The number of hydrogen-bond acceptors (Lipinski definition) is 8. The third-order valence-electron chi connectivity index (χ3n) is 10.1. The average molecular weight is 937 g/mol. The fourth-order valence-corrected chi connectivity index (χ4v) is 12.3. The second-order valence-electron chi connectivity index (χ2n) is 14.0. The summed E-state index contributed by atoms with van der Waals surface area (Å²) in [4.78, 5) is 1.48. The molecule has 4 heterocycles. The molecule has 0 unspecified atom stereocenters. The predicted octanol–water partition coefficient (Wildman–Crippen LogP) is 11.9. The molecule has 0 atom stereocenters. The van der Waals surface area contributed by atoms with Crippen LogP contribution in [0.4, 0.5) is 0 Å². The van der Waals surface area contributed by atoms with E-state index < -0.39 is 20.2 Å². The van der Waals surface area contributed by atoms with Gasteiger partial charge in [0, 0.05) is 21.2 Å². The maximum atomic E-state index is 12.0. The van der Waals surface area contributed by atoms with E-state index in [0.29, 0.717) is 57.1 Å². The molecule has 0 radical (unpaired) electrons. The van der Waals surface area contributed by atoms with Crippen molar-refractivity contribution in [3.05, 3.63) is 114 Å². The highest BCUT2D eigenvalue weighted by atomic mass is 35.5. The van der Waals surface area contributed by atoms with Crippen LogP contribution in [0.5, 0.6) is 0 Å². The Morgan fingerprint density at radius 2 is 1.02 bits per heavy atom. The molecule has 10 nitrogen and oxygen atoms in total. The average Bonchev–Trinajstić information content (AvgIpc) is 3.95. The molecule has 2 aliphatic carbocycles. The summed E-state index contributed by atoms with van der Waals surface area (Å²) in [5.41, 5.74) is 8.01. The molecular weight excluding hydrogens is 903 g/mol. The van der Waals surface area contributed by atoms with Gasteiger partial charge in [-0.05, 0) is 123 Å². The van der Waals surface area contributed by atoms with E-state index in [1.165, 1.54) is 12.1 Å². The summed E-state index contributed by atoms with van der Waals surface area (Å²) >= 11 is 27.7. The zero-order valence-electron chi connectivity index (χ0n) is 30.5. The molecule has 4 aromatic heterocycles. The third kappa shape index (κ3) is 8.38. The maximum absolute atomic E-state index is 12.0. The van der Waals surface area contributed by atoms with Gasteiger partial charge in [-0.2, -0.15) is 27.0 Å². The van der Waals surface area contributed by atoms with E-state index in [4.69, 9.17) is 56.6 Å². The van der Waals surface area contributed by atoms with Crippen molar-refractivity contribution >= 4 is 101 Å². The quantitative estimate of drug-likeness (QED) is 0.0860. The number of unbranched alkanes of at least 4 members (excludes halogenated alkanes) is 5. The van der Waals surface area contributed by atoms with E-state index in [-0.39, 0.29) is 8.42 Å². The summed E-state index contributed by atoms with van der Waals surface area (Å²) in [6.07, 6.45) is 16.6. The van der Waals surface area contributed by atoms with Gasteiger partial charge in [0.2, 0.25) is 0 Å². The van der Waals surface area contributed by atoms with Crippen LogP contribution < -0.4 is 0 Å². The molecule has 0 saturated heterocycles. The SMILES string of the molecule is O=S(=O)(O)c1cc2c(s1)-c1c(c(/C=C/CCCCCC/C=C/c3nn(-c4ccc(Cl)cc4Cl)c4c3CCc3cc(S(=O)(=O)O)sc3-4)nn1-c1ccc(Cl)cc1Cl)CC2. The minimum Gasteiger partial charge on any atom is -0.281 e. The molecule has 2 aromatic carbocycles. The van der Waals surface area contributed by atoms with Gasteiger partial charge < -0.3 is 0 Å². The van der Waals surface area contributed by atoms with Gasteiger partial charge in [-0.15, -0.1) is 22.7 Å². The van der Waals surface area contributed by atoms with Crippen LogP contribution in [0.2, 0.25) is 20.1 Å². The number of halogens is 4. The monoisotopic (exact) mass is 934 g/mol. The number of fused-ring (bicyclic) bond motifs is 6. The molecule has 8 rings (SSSR count). The number of nitrogens with zero attached hydrogens (tertiary/aromatic N) is 4. The highest BCUT2D eigenvalue weighted by molar-refractivity contribution is 7.88. The molecule has 0 spiro atoms. The first-order chi connectivity index (χ1) is 27.7. The normalized spacial score (nSPS) is 14.0. The van der Waals surface area contributed by atoms with Crippen molar-refractivity contribution < 1.29 is 25.9 Å².